The Morgan fingerprint density at radius 3 is 2.42 bits per heavy atom. The van der Waals surface area contributed by atoms with Gasteiger partial charge in [0.05, 0.1) is 11.4 Å². The molecule has 5 nitrogen and oxygen atoms in total. The quantitative estimate of drug-likeness (QED) is 0.793. The second-order valence-corrected chi connectivity index (χ2v) is 7.09. The molecule has 24 heavy (non-hydrogen) atoms. The molecule has 0 amide bonds. The number of halogens is 1. The van der Waals surface area contributed by atoms with Crippen LogP contribution >= 0.6 is 0 Å². The summed E-state index contributed by atoms with van der Waals surface area (Å²) in [5, 5.41) is 12.0. The first-order valence-corrected chi connectivity index (χ1v) is 9.16. The zero-order chi connectivity index (χ0) is 17.6. The highest BCUT2D eigenvalue weighted by Gasteiger charge is 2.10. The average Bonchev–Trinajstić information content (AvgIpc) is 2.55. The highest BCUT2D eigenvalue weighted by molar-refractivity contribution is 7.92. The molecular weight excluding hydrogens is 329 g/mol. The van der Waals surface area contributed by atoms with E-state index in [2.05, 4.69) is 10.0 Å². The number of sulfonamides is 1. The summed E-state index contributed by atoms with van der Waals surface area (Å²) in [6, 6.07) is 12.7. The largest absolute Gasteiger partial charge is 0.354 e. The van der Waals surface area contributed by atoms with Gasteiger partial charge < -0.3 is 5.32 Å². The van der Waals surface area contributed by atoms with Crippen molar-refractivity contribution in [1.29, 1.82) is 5.26 Å². The van der Waals surface area contributed by atoms with Gasteiger partial charge in [-0.15, -0.1) is 0 Å². The van der Waals surface area contributed by atoms with Crippen molar-refractivity contribution in [3.05, 3.63) is 53.8 Å². The molecule has 0 saturated heterocycles. The molecule has 0 bridgehead atoms. The van der Waals surface area contributed by atoms with Gasteiger partial charge in [0.2, 0.25) is 10.0 Å². The highest BCUT2D eigenvalue weighted by atomic mass is 32.2. The Balaban J connectivity index is 2.11. The van der Waals surface area contributed by atoms with Crippen LogP contribution in [0.2, 0.25) is 0 Å². The number of nitrogens with zero attached hydrogens (tertiary/aromatic N) is 1. The minimum Gasteiger partial charge on any atom is -0.354 e. The highest BCUT2D eigenvalue weighted by Crippen LogP contribution is 2.24. The number of unbranched alkanes of at least 4 members (excludes halogenated alkanes) is 1. The standard InChI is InChI=1S/C17H18FN3O2S/c1-2-3-11-24(22,23)21-14-9-7-13(8-10-14)20-17-6-4-5-16(18)15(17)12-19/h4-10,20-21H,2-3,11H2,1H3. The maximum Gasteiger partial charge on any atom is 0.232 e. The summed E-state index contributed by atoms with van der Waals surface area (Å²) >= 11 is 0. The lowest BCUT2D eigenvalue weighted by atomic mass is 10.1. The van der Waals surface area contributed by atoms with Gasteiger partial charge in [-0.25, -0.2) is 12.8 Å². The summed E-state index contributed by atoms with van der Waals surface area (Å²) in [5.41, 5.74) is 1.36. The molecule has 0 aliphatic heterocycles. The first-order chi connectivity index (χ1) is 11.4. The molecule has 0 heterocycles. The maximum atomic E-state index is 13.6. The van der Waals surface area contributed by atoms with E-state index < -0.39 is 15.8 Å². The number of rotatable bonds is 7. The lowest BCUT2D eigenvalue weighted by Crippen LogP contribution is -2.16. The Morgan fingerprint density at radius 1 is 1.12 bits per heavy atom. The number of benzene rings is 2. The van der Waals surface area contributed by atoms with E-state index in [0.29, 0.717) is 23.5 Å². The fourth-order valence-corrected chi connectivity index (χ4v) is 3.35. The van der Waals surface area contributed by atoms with Gasteiger partial charge in [-0.1, -0.05) is 19.4 Å². The van der Waals surface area contributed by atoms with E-state index in [0.717, 1.165) is 6.42 Å². The summed E-state index contributed by atoms with van der Waals surface area (Å²) in [4.78, 5) is 0. The van der Waals surface area contributed by atoms with Gasteiger partial charge in [0.25, 0.3) is 0 Å². The van der Waals surface area contributed by atoms with Crippen LogP contribution in [0.3, 0.4) is 0 Å². The van der Waals surface area contributed by atoms with E-state index in [1.165, 1.54) is 12.1 Å². The zero-order valence-electron chi connectivity index (χ0n) is 13.2. The average molecular weight is 347 g/mol. The van der Waals surface area contributed by atoms with E-state index >= 15 is 0 Å². The van der Waals surface area contributed by atoms with E-state index in [1.54, 1.807) is 30.3 Å². The van der Waals surface area contributed by atoms with Gasteiger partial charge in [0.1, 0.15) is 17.4 Å². The Kier molecular flexibility index (Phi) is 5.77. The number of anilines is 3. The van der Waals surface area contributed by atoms with Gasteiger partial charge in [0.15, 0.2) is 0 Å². The second kappa shape index (κ2) is 7.79. The lowest BCUT2D eigenvalue weighted by molar-refractivity contribution is 0.598. The van der Waals surface area contributed by atoms with E-state index in [4.69, 9.17) is 5.26 Å². The van der Waals surface area contributed by atoms with Crippen molar-refractivity contribution >= 4 is 27.1 Å². The van der Waals surface area contributed by atoms with Crippen molar-refractivity contribution in [3.8, 4) is 6.07 Å². The molecule has 2 aromatic rings. The summed E-state index contributed by atoms with van der Waals surface area (Å²) in [5.74, 6) is -0.513. The summed E-state index contributed by atoms with van der Waals surface area (Å²) < 4.78 is 39.8. The third-order valence-electron chi connectivity index (χ3n) is 3.33. The molecule has 2 aromatic carbocycles. The van der Waals surface area contributed by atoms with Gasteiger partial charge in [-0.05, 0) is 42.8 Å². The van der Waals surface area contributed by atoms with Crippen LogP contribution in [0.4, 0.5) is 21.5 Å². The smallest absolute Gasteiger partial charge is 0.232 e. The monoisotopic (exact) mass is 347 g/mol. The molecule has 126 valence electrons. The topological polar surface area (TPSA) is 82.0 Å². The Hall–Kier alpha value is -2.59. The molecular formula is C17H18FN3O2S. The van der Waals surface area contributed by atoms with Crippen molar-refractivity contribution < 1.29 is 12.8 Å². The third-order valence-corrected chi connectivity index (χ3v) is 4.70. The minimum atomic E-state index is -3.35. The minimum absolute atomic E-state index is 0.0677. The summed E-state index contributed by atoms with van der Waals surface area (Å²) in [6.07, 6.45) is 1.41. The van der Waals surface area contributed by atoms with E-state index in [-0.39, 0.29) is 11.3 Å². The summed E-state index contributed by atoms with van der Waals surface area (Å²) in [6.45, 7) is 1.93. The molecule has 0 aliphatic rings. The van der Waals surface area contributed by atoms with Crippen LogP contribution in [0.15, 0.2) is 42.5 Å². The lowest BCUT2D eigenvalue weighted by Gasteiger charge is -2.11. The summed E-state index contributed by atoms with van der Waals surface area (Å²) in [7, 11) is -3.35. The van der Waals surface area contributed by atoms with E-state index in [1.807, 2.05) is 13.0 Å². The SMILES string of the molecule is CCCCS(=O)(=O)Nc1ccc(Nc2cccc(F)c2C#N)cc1. The van der Waals surface area contributed by atoms with Crippen LogP contribution in [-0.2, 0) is 10.0 Å². The van der Waals surface area contributed by atoms with Gasteiger partial charge in [-0.3, -0.25) is 4.72 Å². The fraction of sp³-hybridized carbons (Fsp3) is 0.235. The molecule has 0 atom stereocenters. The Labute approximate surface area is 141 Å². The van der Waals surface area contributed by atoms with Crippen molar-refractivity contribution in [2.45, 2.75) is 19.8 Å². The molecule has 0 aromatic heterocycles. The number of hydrogen-bond acceptors (Lipinski definition) is 4. The van der Waals surface area contributed by atoms with Crippen molar-refractivity contribution in [1.82, 2.24) is 0 Å². The van der Waals surface area contributed by atoms with E-state index in [9.17, 15) is 12.8 Å². The molecule has 0 radical (unpaired) electrons. The van der Waals surface area contributed by atoms with Crippen molar-refractivity contribution in [2.24, 2.45) is 0 Å². The Bertz CT molecular complexity index is 843. The van der Waals surface area contributed by atoms with Crippen LogP contribution in [0.1, 0.15) is 25.3 Å². The second-order valence-electron chi connectivity index (χ2n) is 5.25. The number of nitriles is 1. The normalized spacial score (nSPS) is 10.9. The van der Waals surface area contributed by atoms with Crippen LogP contribution in [0, 0.1) is 17.1 Å². The van der Waals surface area contributed by atoms with Crippen LogP contribution in [0.25, 0.3) is 0 Å². The van der Waals surface area contributed by atoms with Crippen LogP contribution < -0.4 is 10.0 Å². The molecule has 7 heteroatoms. The predicted octanol–water partition coefficient (Wildman–Crippen LogP) is 3.98. The first-order valence-electron chi connectivity index (χ1n) is 7.51. The van der Waals surface area contributed by atoms with Crippen molar-refractivity contribution in [3.63, 3.8) is 0 Å². The van der Waals surface area contributed by atoms with Crippen LogP contribution in [0.5, 0.6) is 0 Å². The number of nitrogens with one attached hydrogen (secondary N) is 2. The molecule has 0 aliphatic carbocycles. The fourth-order valence-electron chi connectivity index (χ4n) is 2.08. The maximum absolute atomic E-state index is 13.6. The molecule has 0 unspecified atom stereocenters. The first kappa shape index (κ1) is 17.8. The third kappa shape index (κ3) is 4.70. The Morgan fingerprint density at radius 2 is 1.79 bits per heavy atom. The number of hydrogen-bond donors (Lipinski definition) is 2. The zero-order valence-corrected chi connectivity index (χ0v) is 14.0. The molecule has 2 rings (SSSR count). The van der Waals surface area contributed by atoms with Gasteiger partial charge >= 0.3 is 0 Å². The van der Waals surface area contributed by atoms with Crippen molar-refractivity contribution in [2.75, 3.05) is 15.8 Å². The molecule has 0 spiro atoms. The predicted molar refractivity (Wildman–Crippen MR) is 93.2 cm³/mol. The van der Waals surface area contributed by atoms with Gasteiger partial charge in [-0.2, -0.15) is 5.26 Å². The van der Waals surface area contributed by atoms with Gasteiger partial charge in [0, 0.05) is 11.4 Å². The van der Waals surface area contributed by atoms with Crippen LogP contribution in [-0.4, -0.2) is 14.2 Å². The molecule has 0 saturated carbocycles. The molecule has 2 N–H and O–H groups in total. The molecule has 0 fully saturated rings.